The summed E-state index contributed by atoms with van der Waals surface area (Å²) >= 11 is 0. The van der Waals surface area contributed by atoms with E-state index in [2.05, 4.69) is 18.7 Å². The van der Waals surface area contributed by atoms with Crippen LogP contribution in [0.25, 0.3) is 0 Å². The zero-order chi connectivity index (χ0) is 18.0. The second kappa shape index (κ2) is 7.44. The molecule has 0 saturated carbocycles. The minimum absolute atomic E-state index is 0.00428. The Kier molecular flexibility index (Phi) is 5.27. The molecule has 1 N–H and O–H groups in total. The first-order valence-corrected chi connectivity index (χ1v) is 8.97. The van der Waals surface area contributed by atoms with Gasteiger partial charge in [-0.3, -0.25) is 4.79 Å². The predicted molar refractivity (Wildman–Crippen MR) is 93.8 cm³/mol. The summed E-state index contributed by atoms with van der Waals surface area (Å²) in [7, 11) is 0. The third kappa shape index (κ3) is 4.12. The first-order valence-electron chi connectivity index (χ1n) is 8.97. The average Bonchev–Trinajstić information content (AvgIpc) is 2.57. The van der Waals surface area contributed by atoms with Crippen LogP contribution in [0.2, 0.25) is 0 Å². The molecule has 6 heteroatoms. The number of amides is 1. The van der Waals surface area contributed by atoms with E-state index in [1.165, 1.54) is 12.1 Å². The fourth-order valence-corrected chi connectivity index (χ4v) is 3.48. The van der Waals surface area contributed by atoms with E-state index in [-0.39, 0.29) is 23.5 Å². The number of carboxylic acids is 1. The number of nitrogens with zero attached hydrogens (tertiary/aromatic N) is 2. The van der Waals surface area contributed by atoms with Gasteiger partial charge in [0.2, 0.25) is 5.91 Å². The molecule has 0 aliphatic carbocycles. The number of likely N-dealkylation sites (tertiary alicyclic amines) is 2. The van der Waals surface area contributed by atoms with Gasteiger partial charge in [-0.15, -0.1) is 0 Å². The highest BCUT2D eigenvalue weighted by Crippen LogP contribution is 2.25. The number of hydrogen-bond donors (Lipinski definition) is 1. The summed E-state index contributed by atoms with van der Waals surface area (Å²) in [6.45, 7) is 7.62. The molecule has 2 aliphatic heterocycles. The normalized spacial score (nSPS) is 19.7. The predicted octanol–water partition coefficient (Wildman–Crippen LogP) is 2.09. The molecule has 0 unspecified atom stereocenters. The Balaban J connectivity index is 1.43. The minimum Gasteiger partial charge on any atom is -0.487 e. The number of aromatic carboxylic acids is 1. The van der Waals surface area contributed by atoms with Crippen molar-refractivity contribution in [3.63, 3.8) is 0 Å². The summed E-state index contributed by atoms with van der Waals surface area (Å²) in [6, 6.07) is 6.93. The van der Waals surface area contributed by atoms with E-state index in [1.54, 1.807) is 12.1 Å². The third-order valence-electron chi connectivity index (χ3n) is 5.17. The van der Waals surface area contributed by atoms with Gasteiger partial charge in [-0.1, -0.05) is 0 Å². The van der Waals surface area contributed by atoms with Crippen LogP contribution in [0.5, 0.6) is 5.75 Å². The maximum absolute atomic E-state index is 12.6. The van der Waals surface area contributed by atoms with Crippen molar-refractivity contribution in [2.45, 2.75) is 38.8 Å². The molecule has 0 bridgehead atoms. The lowest BCUT2D eigenvalue weighted by Crippen LogP contribution is -2.58. The van der Waals surface area contributed by atoms with E-state index in [0.29, 0.717) is 24.9 Å². The van der Waals surface area contributed by atoms with Crippen LogP contribution in [-0.2, 0) is 4.79 Å². The number of benzene rings is 1. The molecule has 0 atom stereocenters. The fourth-order valence-electron chi connectivity index (χ4n) is 3.48. The van der Waals surface area contributed by atoms with Crippen LogP contribution >= 0.6 is 0 Å². The van der Waals surface area contributed by atoms with Crippen LogP contribution in [0.1, 0.15) is 37.0 Å². The molecule has 6 nitrogen and oxygen atoms in total. The molecule has 2 fully saturated rings. The van der Waals surface area contributed by atoms with Crippen LogP contribution in [0.4, 0.5) is 0 Å². The Morgan fingerprint density at radius 3 is 2.24 bits per heavy atom. The van der Waals surface area contributed by atoms with Gasteiger partial charge >= 0.3 is 5.97 Å². The highest BCUT2D eigenvalue weighted by Gasteiger charge is 2.37. The van der Waals surface area contributed by atoms with Gasteiger partial charge in [0.1, 0.15) is 11.9 Å². The van der Waals surface area contributed by atoms with Crippen molar-refractivity contribution in [3.05, 3.63) is 29.8 Å². The summed E-state index contributed by atoms with van der Waals surface area (Å²) in [6.07, 6.45) is 1.88. The van der Waals surface area contributed by atoms with Crippen molar-refractivity contribution < 1.29 is 19.4 Å². The number of ether oxygens (including phenoxy) is 1. The van der Waals surface area contributed by atoms with Gasteiger partial charge in [0.15, 0.2) is 0 Å². The number of hydrogen-bond acceptors (Lipinski definition) is 4. The van der Waals surface area contributed by atoms with E-state index >= 15 is 0 Å². The Bertz CT molecular complexity index is 615. The molecule has 25 heavy (non-hydrogen) atoms. The van der Waals surface area contributed by atoms with Crippen LogP contribution in [0, 0.1) is 5.92 Å². The first-order chi connectivity index (χ1) is 11.9. The summed E-state index contributed by atoms with van der Waals surface area (Å²) < 4.78 is 5.81. The molecule has 3 rings (SSSR count). The molecule has 2 aliphatic rings. The van der Waals surface area contributed by atoms with E-state index in [1.807, 2.05) is 4.90 Å². The molecular formula is C19H26N2O4. The van der Waals surface area contributed by atoms with Gasteiger partial charge in [-0.25, -0.2) is 4.79 Å². The topological polar surface area (TPSA) is 70.1 Å². The largest absolute Gasteiger partial charge is 0.487 e. The second-order valence-electron chi connectivity index (χ2n) is 7.22. The summed E-state index contributed by atoms with van der Waals surface area (Å²) in [5, 5.41) is 8.89. The van der Waals surface area contributed by atoms with Crippen LogP contribution in [-0.4, -0.2) is 65.1 Å². The van der Waals surface area contributed by atoms with Crippen molar-refractivity contribution in [3.8, 4) is 5.75 Å². The number of carbonyl (C=O) groups is 2. The maximum Gasteiger partial charge on any atom is 0.335 e. The van der Waals surface area contributed by atoms with Crippen molar-refractivity contribution in [2.75, 3.05) is 26.2 Å². The monoisotopic (exact) mass is 346 g/mol. The standard InChI is InChI=1S/C19H26N2O4/c1-13(2)20-9-7-14(8-10-20)18(22)21-11-17(12-21)25-16-5-3-15(4-6-16)19(23)24/h3-6,13-14,17H,7-12H2,1-2H3,(H,23,24). The Labute approximate surface area is 148 Å². The summed E-state index contributed by atoms with van der Waals surface area (Å²) in [5.41, 5.74) is 0.241. The minimum atomic E-state index is -0.949. The van der Waals surface area contributed by atoms with E-state index in [9.17, 15) is 9.59 Å². The highest BCUT2D eigenvalue weighted by molar-refractivity contribution is 5.87. The lowest BCUT2D eigenvalue weighted by atomic mass is 9.93. The quantitative estimate of drug-likeness (QED) is 0.884. The molecule has 136 valence electrons. The molecule has 0 spiro atoms. The van der Waals surface area contributed by atoms with Gasteiger partial charge in [0.05, 0.1) is 18.7 Å². The smallest absolute Gasteiger partial charge is 0.335 e. The summed E-state index contributed by atoms with van der Waals surface area (Å²) in [4.78, 5) is 27.7. The average molecular weight is 346 g/mol. The fraction of sp³-hybridized carbons (Fsp3) is 0.579. The molecule has 2 saturated heterocycles. The molecule has 1 amide bonds. The molecule has 0 aromatic heterocycles. The number of rotatable bonds is 5. The first kappa shape index (κ1) is 17.7. The Morgan fingerprint density at radius 1 is 1.12 bits per heavy atom. The molecule has 0 radical (unpaired) electrons. The molecule has 2 heterocycles. The van der Waals surface area contributed by atoms with E-state index in [0.717, 1.165) is 25.9 Å². The van der Waals surface area contributed by atoms with Gasteiger partial charge in [0, 0.05) is 12.0 Å². The number of carbonyl (C=O) groups excluding carboxylic acids is 1. The zero-order valence-corrected chi connectivity index (χ0v) is 14.9. The lowest BCUT2D eigenvalue weighted by molar-refractivity contribution is -0.146. The molecule has 1 aromatic carbocycles. The van der Waals surface area contributed by atoms with Crippen molar-refractivity contribution >= 4 is 11.9 Å². The van der Waals surface area contributed by atoms with E-state index in [4.69, 9.17) is 9.84 Å². The van der Waals surface area contributed by atoms with Crippen molar-refractivity contribution in [1.29, 1.82) is 0 Å². The van der Waals surface area contributed by atoms with Gasteiger partial charge in [0.25, 0.3) is 0 Å². The van der Waals surface area contributed by atoms with Gasteiger partial charge in [-0.05, 0) is 64.0 Å². The van der Waals surface area contributed by atoms with Crippen LogP contribution in [0.3, 0.4) is 0 Å². The van der Waals surface area contributed by atoms with Crippen molar-refractivity contribution in [1.82, 2.24) is 9.80 Å². The van der Waals surface area contributed by atoms with E-state index < -0.39 is 5.97 Å². The maximum atomic E-state index is 12.6. The van der Waals surface area contributed by atoms with Gasteiger partial charge < -0.3 is 19.6 Å². The highest BCUT2D eigenvalue weighted by atomic mass is 16.5. The van der Waals surface area contributed by atoms with Crippen LogP contribution in [0.15, 0.2) is 24.3 Å². The lowest BCUT2D eigenvalue weighted by Gasteiger charge is -2.42. The summed E-state index contributed by atoms with van der Waals surface area (Å²) in [5.74, 6) is 0.0955. The van der Waals surface area contributed by atoms with Crippen molar-refractivity contribution in [2.24, 2.45) is 5.92 Å². The second-order valence-corrected chi connectivity index (χ2v) is 7.22. The molecular weight excluding hydrogens is 320 g/mol. The SMILES string of the molecule is CC(C)N1CCC(C(=O)N2CC(Oc3ccc(C(=O)O)cc3)C2)CC1. The third-order valence-corrected chi connectivity index (χ3v) is 5.17. The zero-order valence-electron chi connectivity index (χ0n) is 14.9. The Morgan fingerprint density at radius 2 is 1.72 bits per heavy atom. The van der Waals surface area contributed by atoms with Gasteiger partial charge in [-0.2, -0.15) is 0 Å². The number of piperidine rings is 1. The Hall–Kier alpha value is -2.08. The van der Waals surface area contributed by atoms with Crippen LogP contribution < -0.4 is 4.74 Å². The number of carboxylic acid groups (broad SMARTS) is 1. The molecule has 1 aromatic rings.